The molecular weight excluding hydrogens is 304 g/mol. The Morgan fingerprint density at radius 2 is 1.56 bits per heavy atom. The van der Waals surface area contributed by atoms with E-state index < -0.39 is 8.32 Å². The van der Waals surface area contributed by atoms with Crippen molar-refractivity contribution in [2.75, 3.05) is 0 Å². The van der Waals surface area contributed by atoms with Gasteiger partial charge >= 0.3 is 0 Å². The van der Waals surface area contributed by atoms with Crippen LogP contribution in [0, 0.1) is 13.8 Å². The molecule has 102 valence electrons. The first kappa shape index (κ1) is 15.8. The Labute approximate surface area is 121 Å². The molecule has 1 nitrogen and oxygen atoms in total. The van der Waals surface area contributed by atoms with Crippen LogP contribution in [0.25, 0.3) is 0 Å². The van der Waals surface area contributed by atoms with E-state index in [2.05, 4.69) is 75.8 Å². The molecule has 0 aliphatic rings. The first-order valence-corrected chi connectivity index (χ1v) is 10.5. The third-order valence-corrected chi connectivity index (χ3v) is 8.81. The molecule has 0 bridgehead atoms. The van der Waals surface area contributed by atoms with Crippen LogP contribution in [0.4, 0.5) is 0 Å². The Hall–Kier alpha value is -0.283. The lowest BCUT2D eigenvalue weighted by atomic mass is 10.1. The lowest BCUT2D eigenvalue weighted by Gasteiger charge is -2.37. The average Bonchev–Trinajstić information content (AvgIpc) is 2.21. The first-order valence-electron chi connectivity index (χ1n) is 6.43. The number of hydrogen-bond acceptors (Lipinski definition) is 1. The molecule has 1 aromatic carbocycles. The molecule has 1 aromatic rings. The molecule has 0 aromatic heterocycles. The highest BCUT2D eigenvalue weighted by Gasteiger charge is 2.39. The minimum Gasteiger partial charge on any atom is -0.543 e. The van der Waals surface area contributed by atoms with Gasteiger partial charge in [-0.1, -0.05) is 48.8 Å². The molecule has 0 fully saturated rings. The molecule has 0 atom stereocenters. The van der Waals surface area contributed by atoms with E-state index in [0.717, 1.165) is 11.1 Å². The Kier molecular flexibility index (Phi) is 4.71. The number of hydrogen-bond donors (Lipinski definition) is 0. The molecule has 0 N–H and O–H groups in total. The number of aryl methyl sites for hydroxylation is 2. The van der Waals surface area contributed by atoms with Crippen LogP contribution in [0.15, 0.2) is 12.1 Å². The lowest BCUT2D eigenvalue weighted by Crippen LogP contribution is -2.44. The Bertz CT molecular complexity index is 410. The fourth-order valence-corrected chi connectivity index (χ4v) is 3.15. The van der Waals surface area contributed by atoms with Crippen LogP contribution < -0.4 is 4.43 Å². The summed E-state index contributed by atoms with van der Waals surface area (Å²) >= 11 is 3.51. The van der Waals surface area contributed by atoms with Crippen molar-refractivity contribution in [2.45, 2.75) is 58.1 Å². The van der Waals surface area contributed by atoms with Gasteiger partial charge < -0.3 is 4.43 Å². The molecule has 3 heteroatoms. The van der Waals surface area contributed by atoms with Crippen LogP contribution in [0.2, 0.25) is 18.1 Å². The van der Waals surface area contributed by atoms with Crippen LogP contribution >= 0.6 is 15.9 Å². The molecule has 0 heterocycles. The van der Waals surface area contributed by atoms with E-state index in [0.29, 0.717) is 0 Å². The van der Waals surface area contributed by atoms with Gasteiger partial charge in [0.2, 0.25) is 0 Å². The molecule has 0 aliphatic heterocycles. The van der Waals surface area contributed by atoms with Gasteiger partial charge in [0.1, 0.15) is 5.75 Å². The average molecular weight is 329 g/mol. The van der Waals surface area contributed by atoms with Crippen LogP contribution in [-0.2, 0) is 5.33 Å². The second kappa shape index (κ2) is 5.38. The van der Waals surface area contributed by atoms with Gasteiger partial charge in [0, 0.05) is 5.33 Å². The van der Waals surface area contributed by atoms with Crippen molar-refractivity contribution in [3.63, 3.8) is 0 Å². The molecule has 18 heavy (non-hydrogen) atoms. The van der Waals surface area contributed by atoms with Crippen molar-refractivity contribution in [1.82, 2.24) is 0 Å². The molecule has 0 saturated heterocycles. The third-order valence-electron chi connectivity index (χ3n) is 3.84. The predicted octanol–water partition coefficient (Wildman–Crippen LogP) is 5.58. The summed E-state index contributed by atoms with van der Waals surface area (Å²) in [4.78, 5) is 0. The SMILES string of the molecule is Cc1cc(CBr)cc(C)c1O[Si](C)(C)C(C)(C)C. The van der Waals surface area contributed by atoms with Gasteiger partial charge in [0.15, 0.2) is 0 Å². The van der Waals surface area contributed by atoms with Gasteiger partial charge in [0.05, 0.1) is 0 Å². The summed E-state index contributed by atoms with van der Waals surface area (Å²) in [5, 5.41) is 1.13. The van der Waals surface area contributed by atoms with Gasteiger partial charge in [-0.3, -0.25) is 0 Å². The maximum Gasteiger partial charge on any atom is 0.250 e. The Morgan fingerprint density at radius 3 is 1.89 bits per heavy atom. The molecule has 0 unspecified atom stereocenters. The fraction of sp³-hybridized carbons (Fsp3) is 0.600. The van der Waals surface area contributed by atoms with Gasteiger partial charge in [-0.05, 0) is 48.7 Å². The topological polar surface area (TPSA) is 9.23 Å². The summed E-state index contributed by atoms with van der Waals surface area (Å²) in [6.45, 7) is 15.7. The van der Waals surface area contributed by atoms with E-state index >= 15 is 0 Å². The molecule has 0 radical (unpaired) electrons. The maximum atomic E-state index is 6.45. The van der Waals surface area contributed by atoms with Crippen molar-refractivity contribution in [2.24, 2.45) is 0 Å². The second-order valence-corrected chi connectivity index (χ2v) is 11.8. The minimum absolute atomic E-state index is 0.236. The number of benzene rings is 1. The van der Waals surface area contributed by atoms with E-state index in [1.807, 2.05) is 0 Å². The summed E-state index contributed by atoms with van der Waals surface area (Å²) in [7, 11) is -1.75. The van der Waals surface area contributed by atoms with E-state index in [4.69, 9.17) is 4.43 Å². The van der Waals surface area contributed by atoms with Crippen molar-refractivity contribution in [3.8, 4) is 5.75 Å². The molecular formula is C15H25BrOSi. The summed E-state index contributed by atoms with van der Waals surface area (Å²) in [6.07, 6.45) is 0. The first-order chi connectivity index (χ1) is 8.08. The van der Waals surface area contributed by atoms with E-state index in [1.54, 1.807) is 0 Å². The van der Waals surface area contributed by atoms with Gasteiger partial charge in [0.25, 0.3) is 8.32 Å². The number of alkyl halides is 1. The molecule has 0 saturated carbocycles. The largest absolute Gasteiger partial charge is 0.543 e. The zero-order valence-corrected chi connectivity index (χ0v) is 15.2. The third kappa shape index (κ3) is 3.38. The van der Waals surface area contributed by atoms with Crippen LogP contribution in [0.1, 0.15) is 37.5 Å². The van der Waals surface area contributed by atoms with Crippen molar-refractivity contribution in [1.29, 1.82) is 0 Å². The molecule has 1 rings (SSSR count). The van der Waals surface area contributed by atoms with Crippen LogP contribution in [0.3, 0.4) is 0 Å². The van der Waals surface area contributed by atoms with E-state index in [1.165, 1.54) is 16.7 Å². The molecule has 0 spiro atoms. The summed E-state index contributed by atoms with van der Waals surface area (Å²) in [5.74, 6) is 1.09. The highest BCUT2D eigenvalue weighted by molar-refractivity contribution is 9.08. The zero-order valence-electron chi connectivity index (χ0n) is 12.6. The summed E-state index contributed by atoms with van der Waals surface area (Å²) in [5.41, 5.74) is 3.80. The number of rotatable bonds is 3. The van der Waals surface area contributed by atoms with Crippen molar-refractivity contribution < 1.29 is 4.43 Å². The van der Waals surface area contributed by atoms with Crippen molar-refractivity contribution >= 4 is 24.2 Å². The smallest absolute Gasteiger partial charge is 0.250 e. The minimum atomic E-state index is -1.75. The van der Waals surface area contributed by atoms with Crippen LogP contribution in [-0.4, -0.2) is 8.32 Å². The predicted molar refractivity (Wildman–Crippen MR) is 86.4 cm³/mol. The van der Waals surface area contributed by atoms with Crippen LogP contribution in [0.5, 0.6) is 5.75 Å². The molecule has 0 aliphatic carbocycles. The fourth-order valence-electron chi connectivity index (χ4n) is 1.69. The summed E-state index contributed by atoms with van der Waals surface area (Å²) < 4.78 is 6.45. The van der Waals surface area contributed by atoms with Gasteiger partial charge in [-0.15, -0.1) is 0 Å². The monoisotopic (exact) mass is 328 g/mol. The van der Waals surface area contributed by atoms with E-state index in [9.17, 15) is 0 Å². The highest BCUT2D eigenvalue weighted by Crippen LogP contribution is 2.39. The highest BCUT2D eigenvalue weighted by atomic mass is 79.9. The van der Waals surface area contributed by atoms with Gasteiger partial charge in [-0.25, -0.2) is 0 Å². The quantitative estimate of drug-likeness (QED) is 0.519. The standard InChI is InChI=1S/C15H25BrOSi/c1-11-8-13(10-16)9-12(2)14(11)17-18(6,7)15(3,4)5/h8-9H,10H2,1-7H3. The summed E-state index contributed by atoms with van der Waals surface area (Å²) in [6, 6.07) is 4.43. The molecule has 0 amide bonds. The Morgan fingerprint density at radius 1 is 1.11 bits per heavy atom. The van der Waals surface area contributed by atoms with Crippen molar-refractivity contribution in [3.05, 3.63) is 28.8 Å². The zero-order chi connectivity index (χ0) is 14.1. The van der Waals surface area contributed by atoms with Gasteiger partial charge in [-0.2, -0.15) is 0 Å². The normalized spacial score (nSPS) is 12.7. The second-order valence-electron chi connectivity index (χ2n) is 6.55. The number of halogens is 1. The van der Waals surface area contributed by atoms with E-state index in [-0.39, 0.29) is 5.04 Å². The lowest BCUT2D eigenvalue weighted by molar-refractivity contribution is 0.486. The Balaban J connectivity index is 3.13. The maximum absolute atomic E-state index is 6.45.